The van der Waals surface area contributed by atoms with Crippen LogP contribution in [0.2, 0.25) is 0 Å². The first-order valence-electron chi connectivity index (χ1n) is 6.33. The number of carbonyl (C=O) groups excluding carboxylic acids is 2. The van der Waals surface area contributed by atoms with E-state index in [2.05, 4.69) is 11.3 Å². The predicted octanol–water partition coefficient (Wildman–Crippen LogP) is 1.19. The summed E-state index contributed by atoms with van der Waals surface area (Å²) in [4.78, 5) is 49.9. The maximum atomic E-state index is 10.3. The fourth-order valence-corrected chi connectivity index (χ4v) is 1.19. The van der Waals surface area contributed by atoms with Crippen LogP contribution in [0.25, 0.3) is 0 Å². The van der Waals surface area contributed by atoms with Crippen molar-refractivity contribution in [3.63, 3.8) is 0 Å². The average molecular weight is 338 g/mol. The highest BCUT2D eigenvalue weighted by Crippen LogP contribution is 2.04. The monoisotopic (exact) mass is 338 g/mol. The molecule has 1 fully saturated rings. The van der Waals surface area contributed by atoms with E-state index in [4.69, 9.17) is 15.3 Å². The van der Waals surface area contributed by atoms with Gasteiger partial charge < -0.3 is 20.1 Å². The standard InChI is InChI=1S/C8H6O4.C4H4O3.C3H4O2/c9-7(10)5-1-2-6(4-3-5)8(11)12;5-3-1-2-4(6)7-3;1-2-3(4)5/h1-4H,(H,9,10)(H,11,12);1-2H2;2H,1H2,(H,4,5). The first-order chi connectivity index (χ1) is 11.2. The van der Waals surface area contributed by atoms with Gasteiger partial charge in [0.15, 0.2) is 0 Å². The van der Waals surface area contributed by atoms with E-state index < -0.39 is 29.8 Å². The Morgan fingerprint density at radius 1 is 0.875 bits per heavy atom. The van der Waals surface area contributed by atoms with Gasteiger partial charge in [-0.05, 0) is 24.3 Å². The van der Waals surface area contributed by atoms with Crippen LogP contribution in [0.4, 0.5) is 0 Å². The molecule has 1 aliphatic rings. The molecule has 0 radical (unpaired) electrons. The van der Waals surface area contributed by atoms with Crippen molar-refractivity contribution in [3.8, 4) is 0 Å². The van der Waals surface area contributed by atoms with Crippen LogP contribution in [0.5, 0.6) is 0 Å². The highest BCUT2D eigenvalue weighted by molar-refractivity contribution is 5.92. The Kier molecular flexibility index (Phi) is 8.78. The maximum absolute atomic E-state index is 10.3. The molecule has 1 aromatic rings. The van der Waals surface area contributed by atoms with E-state index in [9.17, 15) is 24.0 Å². The Balaban J connectivity index is 0.000000373. The molecule has 9 heteroatoms. The molecular formula is C15H14O9. The van der Waals surface area contributed by atoms with Crippen molar-refractivity contribution in [1.82, 2.24) is 0 Å². The van der Waals surface area contributed by atoms with Crippen LogP contribution in [0.1, 0.15) is 33.6 Å². The van der Waals surface area contributed by atoms with Gasteiger partial charge in [0, 0.05) is 6.08 Å². The summed E-state index contributed by atoms with van der Waals surface area (Å²) in [6.45, 7) is 2.96. The molecule has 0 aromatic heterocycles. The zero-order chi connectivity index (χ0) is 18.7. The average Bonchev–Trinajstić information content (AvgIpc) is 2.91. The molecule has 0 spiro atoms. The van der Waals surface area contributed by atoms with Crippen molar-refractivity contribution in [2.45, 2.75) is 12.8 Å². The van der Waals surface area contributed by atoms with Crippen molar-refractivity contribution in [2.75, 3.05) is 0 Å². The topological polar surface area (TPSA) is 155 Å². The zero-order valence-corrected chi connectivity index (χ0v) is 12.3. The molecule has 1 saturated heterocycles. The Bertz CT molecular complexity index is 596. The third-order valence-corrected chi connectivity index (χ3v) is 2.31. The molecular weight excluding hydrogens is 324 g/mol. The predicted molar refractivity (Wildman–Crippen MR) is 78.5 cm³/mol. The first kappa shape index (κ1) is 20.5. The molecule has 0 bridgehead atoms. The summed E-state index contributed by atoms with van der Waals surface area (Å²) >= 11 is 0. The normalized spacial score (nSPS) is 11.8. The van der Waals surface area contributed by atoms with Gasteiger partial charge >= 0.3 is 29.8 Å². The molecule has 0 unspecified atom stereocenters. The van der Waals surface area contributed by atoms with E-state index in [1.54, 1.807) is 0 Å². The SMILES string of the molecule is C=CC(=O)O.O=C(O)c1ccc(C(=O)O)cc1.O=C1CCC(=O)O1. The highest BCUT2D eigenvalue weighted by Gasteiger charge is 2.19. The Morgan fingerprint density at radius 2 is 1.17 bits per heavy atom. The number of esters is 2. The van der Waals surface area contributed by atoms with E-state index in [0.29, 0.717) is 0 Å². The Labute approximate surface area is 135 Å². The van der Waals surface area contributed by atoms with Crippen molar-refractivity contribution in [3.05, 3.63) is 48.0 Å². The Hall–Kier alpha value is -3.49. The smallest absolute Gasteiger partial charge is 0.335 e. The van der Waals surface area contributed by atoms with Crippen molar-refractivity contribution in [2.24, 2.45) is 0 Å². The van der Waals surface area contributed by atoms with Gasteiger partial charge in [0.1, 0.15) is 0 Å². The molecule has 0 aliphatic carbocycles. The highest BCUT2D eigenvalue weighted by atomic mass is 16.6. The molecule has 1 aliphatic heterocycles. The van der Waals surface area contributed by atoms with Gasteiger partial charge in [0.25, 0.3) is 0 Å². The van der Waals surface area contributed by atoms with Crippen molar-refractivity contribution >= 4 is 29.8 Å². The number of hydrogen-bond acceptors (Lipinski definition) is 6. The van der Waals surface area contributed by atoms with Crippen LogP contribution in [-0.4, -0.2) is 45.2 Å². The molecule has 1 aromatic carbocycles. The maximum Gasteiger partial charge on any atom is 0.335 e. The first-order valence-corrected chi connectivity index (χ1v) is 6.33. The number of aromatic carboxylic acids is 2. The number of hydrogen-bond donors (Lipinski definition) is 3. The summed E-state index contributed by atoms with van der Waals surface area (Å²) in [5, 5.41) is 24.5. The molecule has 0 amide bonds. The summed E-state index contributed by atoms with van der Waals surface area (Å²) in [5.74, 6) is -3.90. The lowest BCUT2D eigenvalue weighted by atomic mass is 10.1. The minimum Gasteiger partial charge on any atom is -0.478 e. The van der Waals surface area contributed by atoms with Crippen LogP contribution in [0, 0.1) is 0 Å². The Morgan fingerprint density at radius 3 is 1.29 bits per heavy atom. The number of carbonyl (C=O) groups is 5. The van der Waals surface area contributed by atoms with E-state index >= 15 is 0 Å². The van der Waals surface area contributed by atoms with Crippen molar-refractivity contribution < 1.29 is 44.0 Å². The third-order valence-electron chi connectivity index (χ3n) is 2.31. The molecule has 128 valence electrons. The fraction of sp³-hybridized carbons (Fsp3) is 0.133. The minimum absolute atomic E-state index is 0.0833. The largest absolute Gasteiger partial charge is 0.478 e. The summed E-state index contributed by atoms with van der Waals surface area (Å²) in [6, 6.07) is 5.02. The molecule has 0 atom stereocenters. The van der Waals surface area contributed by atoms with Gasteiger partial charge in [-0.3, -0.25) is 9.59 Å². The number of ether oxygens (including phenoxy) is 1. The van der Waals surface area contributed by atoms with Crippen molar-refractivity contribution in [1.29, 1.82) is 0 Å². The molecule has 1 heterocycles. The molecule has 9 nitrogen and oxygen atoms in total. The second-order valence-corrected chi connectivity index (χ2v) is 4.08. The van der Waals surface area contributed by atoms with Crippen LogP contribution >= 0.6 is 0 Å². The minimum atomic E-state index is -1.06. The number of rotatable bonds is 3. The number of carboxylic acids is 3. The lowest BCUT2D eigenvalue weighted by molar-refractivity contribution is -0.152. The summed E-state index contributed by atoms with van der Waals surface area (Å²) in [6.07, 6.45) is 1.36. The quantitative estimate of drug-likeness (QED) is 0.418. The van der Waals surface area contributed by atoms with Crippen LogP contribution < -0.4 is 0 Å². The summed E-state index contributed by atoms with van der Waals surface area (Å²) < 4.78 is 4.08. The van der Waals surface area contributed by atoms with E-state index in [-0.39, 0.29) is 24.0 Å². The van der Waals surface area contributed by atoms with Gasteiger partial charge in [-0.25, -0.2) is 14.4 Å². The van der Waals surface area contributed by atoms with Gasteiger partial charge in [-0.1, -0.05) is 6.58 Å². The molecule has 3 N–H and O–H groups in total. The van der Waals surface area contributed by atoms with Gasteiger partial charge in [-0.2, -0.15) is 0 Å². The lowest BCUT2D eigenvalue weighted by Gasteiger charge is -1.94. The third kappa shape index (κ3) is 8.72. The lowest BCUT2D eigenvalue weighted by Crippen LogP contribution is -1.99. The van der Waals surface area contributed by atoms with Gasteiger partial charge in [0.05, 0.1) is 24.0 Å². The summed E-state index contributed by atoms with van der Waals surface area (Å²) in [5.41, 5.74) is 0.167. The van der Waals surface area contributed by atoms with E-state index in [1.807, 2.05) is 0 Å². The zero-order valence-electron chi connectivity index (χ0n) is 12.3. The molecule has 0 saturated carbocycles. The van der Waals surface area contributed by atoms with Crippen LogP contribution in [0.15, 0.2) is 36.9 Å². The number of benzene rings is 1. The van der Waals surface area contributed by atoms with E-state index in [1.165, 1.54) is 24.3 Å². The second-order valence-electron chi connectivity index (χ2n) is 4.08. The molecule has 24 heavy (non-hydrogen) atoms. The summed E-state index contributed by atoms with van der Waals surface area (Å²) in [7, 11) is 0. The van der Waals surface area contributed by atoms with Gasteiger partial charge in [0.2, 0.25) is 0 Å². The van der Waals surface area contributed by atoms with E-state index in [0.717, 1.165) is 6.08 Å². The number of aliphatic carboxylic acids is 1. The fourth-order valence-electron chi connectivity index (χ4n) is 1.19. The number of cyclic esters (lactones) is 2. The van der Waals surface area contributed by atoms with Crippen LogP contribution in [-0.2, 0) is 19.1 Å². The second kappa shape index (κ2) is 10.3. The molecule has 2 rings (SSSR count). The number of carboxylic acid groups (broad SMARTS) is 3. The van der Waals surface area contributed by atoms with Gasteiger partial charge in [-0.15, -0.1) is 0 Å². The van der Waals surface area contributed by atoms with Crippen LogP contribution in [0.3, 0.4) is 0 Å².